The lowest BCUT2D eigenvalue weighted by Crippen LogP contribution is -2.16. The number of rotatable bonds is 3. The molecule has 1 aliphatic rings. The zero-order chi connectivity index (χ0) is 12.5. The van der Waals surface area contributed by atoms with Gasteiger partial charge in [-0.1, -0.05) is 0 Å². The van der Waals surface area contributed by atoms with Gasteiger partial charge in [-0.2, -0.15) is 0 Å². The highest BCUT2D eigenvalue weighted by Crippen LogP contribution is 2.34. The van der Waals surface area contributed by atoms with Crippen LogP contribution < -0.4 is 5.32 Å². The van der Waals surface area contributed by atoms with E-state index in [4.69, 9.17) is 4.98 Å². The Hall–Kier alpha value is -0.710. The van der Waals surface area contributed by atoms with Crippen molar-refractivity contribution in [2.45, 2.75) is 38.6 Å². The minimum absolute atomic E-state index is 0.277. The molecular formula is C14H18N2S2. The molecule has 2 nitrogen and oxygen atoms in total. The van der Waals surface area contributed by atoms with Crippen molar-refractivity contribution in [1.82, 2.24) is 10.3 Å². The van der Waals surface area contributed by atoms with Gasteiger partial charge in [0.2, 0.25) is 0 Å². The predicted molar refractivity (Wildman–Crippen MR) is 78.7 cm³/mol. The van der Waals surface area contributed by atoms with E-state index in [1.807, 2.05) is 29.7 Å². The maximum Gasteiger partial charge on any atom is 0.115 e. The van der Waals surface area contributed by atoms with Crippen LogP contribution in [-0.2, 0) is 12.8 Å². The quantitative estimate of drug-likeness (QED) is 0.926. The van der Waals surface area contributed by atoms with Gasteiger partial charge in [0.25, 0.3) is 0 Å². The highest BCUT2D eigenvalue weighted by Gasteiger charge is 2.22. The largest absolute Gasteiger partial charge is 0.307 e. The van der Waals surface area contributed by atoms with E-state index < -0.39 is 0 Å². The van der Waals surface area contributed by atoms with Gasteiger partial charge in [-0.25, -0.2) is 4.98 Å². The molecule has 0 aromatic carbocycles. The monoisotopic (exact) mass is 278 g/mol. The van der Waals surface area contributed by atoms with Crippen molar-refractivity contribution in [3.05, 3.63) is 37.5 Å². The summed E-state index contributed by atoms with van der Waals surface area (Å²) in [7, 11) is 2.03. The fourth-order valence-electron chi connectivity index (χ4n) is 2.49. The number of hydrogen-bond donors (Lipinski definition) is 1. The molecule has 1 aliphatic carbocycles. The molecule has 1 unspecified atom stereocenters. The summed E-state index contributed by atoms with van der Waals surface area (Å²) in [6.07, 6.45) is 5.04. The average molecular weight is 278 g/mol. The van der Waals surface area contributed by atoms with Crippen molar-refractivity contribution in [2.24, 2.45) is 0 Å². The predicted octanol–water partition coefficient (Wildman–Crippen LogP) is 3.70. The molecule has 0 fully saturated rings. The first-order chi connectivity index (χ1) is 8.78. The van der Waals surface area contributed by atoms with Gasteiger partial charge in [0.1, 0.15) is 5.01 Å². The molecule has 0 saturated heterocycles. The van der Waals surface area contributed by atoms with Gasteiger partial charge in [-0.15, -0.1) is 22.7 Å². The van der Waals surface area contributed by atoms with Crippen LogP contribution in [0.5, 0.6) is 0 Å². The number of nitrogens with one attached hydrogen (secondary N) is 1. The summed E-state index contributed by atoms with van der Waals surface area (Å²) in [5.74, 6) is 0. The Bertz CT molecular complexity index is 518. The normalized spacial score (nSPS) is 16.6. The summed E-state index contributed by atoms with van der Waals surface area (Å²) in [4.78, 5) is 9.13. The number of thiophene rings is 1. The highest BCUT2D eigenvalue weighted by molar-refractivity contribution is 7.13. The molecule has 0 bridgehead atoms. The summed E-state index contributed by atoms with van der Waals surface area (Å²) in [5.41, 5.74) is 1.36. The zero-order valence-electron chi connectivity index (χ0n) is 10.8. The fraction of sp³-hybridized carbons (Fsp3) is 0.500. The van der Waals surface area contributed by atoms with Crippen LogP contribution in [0.15, 0.2) is 12.1 Å². The van der Waals surface area contributed by atoms with Crippen molar-refractivity contribution >= 4 is 22.7 Å². The Morgan fingerprint density at radius 3 is 2.72 bits per heavy atom. The number of hydrogen-bond acceptors (Lipinski definition) is 4. The maximum atomic E-state index is 4.87. The van der Waals surface area contributed by atoms with E-state index in [-0.39, 0.29) is 6.04 Å². The molecule has 0 radical (unpaired) electrons. The molecule has 3 rings (SSSR count). The summed E-state index contributed by atoms with van der Waals surface area (Å²) in [6.45, 7) is 2.16. The minimum atomic E-state index is 0.277. The van der Waals surface area contributed by atoms with E-state index >= 15 is 0 Å². The number of aromatic nitrogens is 1. The van der Waals surface area contributed by atoms with Crippen molar-refractivity contribution in [3.8, 4) is 0 Å². The van der Waals surface area contributed by atoms with Crippen molar-refractivity contribution in [1.29, 1.82) is 0 Å². The maximum absolute atomic E-state index is 4.87. The smallest absolute Gasteiger partial charge is 0.115 e. The van der Waals surface area contributed by atoms with Gasteiger partial charge in [-0.3, -0.25) is 0 Å². The summed E-state index contributed by atoms with van der Waals surface area (Å²) >= 11 is 3.77. The average Bonchev–Trinajstić information content (AvgIpc) is 2.96. The van der Waals surface area contributed by atoms with Gasteiger partial charge in [0.05, 0.1) is 11.7 Å². The lowest BCUT2D eigenvalue weighted by Gasteiger charge is -2.10. The van der Waals surface area contributed by atoms with Gasteiger partial charge in [0.15, 0.2) is 0 Å². The van der Waals surface area contributed by atoms with Gasteiger partial charge in [-0.05, 0) is 51.8 Å². The Morgan fingerprint density at radius 2 is 2.06 bits per heavy atom. The van der Waals surface area contributed by atoms with Crippen LogP contribution in [0.25, 0.3) is 0 Å². The number of thiazole rings is 1. The Kier molecular flexibility index (Phi) is 3.50. The van der Waals surface area contributed by atoms with Gasteiger partial charge in [0, 0.05) is 14.6 Å². The molecule has 2 aromatic rings. The molecule has 0 aliphatic heterocycles. The first kappa shape index (κ1) is 12.3. The lowest BCUT2D eigenvalue weighted by atomic mass is 10.0. The molecule has 0 spiro atoms. The Morgan fingerprint density at radius 1 is 1.22 bits per heavy atom. The van der Waals surface area contributed by atoms with Crippen LogP contribution in [0.2, 0.25) is 0 Å². The zero-order valence-corrected chi connectivity index (χ0v) is 12.5. The van der Waals surface area contributed by atoms with Crippen LogP contribution in [0.4, 0.5) is 0 Å². The third kappa shape index (κ3) is 2.25. The second kappa shape index (κ2) is 5.11. The molecule has 2 heterocycles. The minimum Gasteiger partial charge on any atom is -0.307 e. The van der Waals surface area contributed by atoms with E-state index in [2.05, 4.69) is 24.4 Å². The van der Waals surface area contributed by atoms with E-state index in [0.717, 1.165) is 0 Å². The molecule has 0 saturated carbocycles. The molecular weight excluding hydrogens is 260 g/mol. The molecule has 18 heavy (non-hydrogen) atoms. The number of nitrogens with zero attached hydrogens (tertiary/aromatic N) is 1. The molecule has 96 valence electrons. The van der Waals surface area contributed by atoms with E-state index in [0.29, 0.717) is 0 Å². The topological polar surface area (TPSA) is 24.9 Å². The molecule has 0 amide bonds. The van der Waals surface area contributed by atoms with E-state index in [1.165, 1.54) is 51.0 Å². The van der Waals surface area contributed by atoms with Crippen LogP contribution >= 0.6 is 22.7 Å². The second-order valence-corrected chi connectivity index (χ2v) is 7.23. The van der Waals surface area contributed by atoms with E-state index in [1.54, 1.807) is 0 Å². The third-order valence-corrected chi connectivity index (χ3v) is 5.73. The molecule has 1 N–H and O–H groups in total. The first-order valence-corrected chi connectivity index (χ1v) is 8.13. The Balaban J connectivity index is 1.94. The van der Waals surface area contributed by atoms with Crippen LogP contribution in [0.1, 0.15) is 44.2 Å². The third-order valence-electron chi connectivity index (χ3n) is 3.44. The summed E-state index contributed by atoms with van der Waals surface area (Å²) in [5, 5.41) is 4.66. The first-order valence-electron chi connectivity index (χ1n) is 6.50. The summed E-state index contributed by atoms with van der Waals surface area (Å²) in [6, 6.07) is 4.69. The number of fused-ring (bicyclic) bond motifs is 1. The van der Waals surface area contributed by atoms with Gasteiger partial charge >= 0.3 is 0 Å². The molecule has 1 atom stereocenters. The lowest BCUT2D eigenvalue weighted by molar-refractivity contribution is 0.666. The highest BCUT2D eigenvalue weighted by atomic mass is 32.1. The second-order valence-electron chi connectivity index (χ2n) is 4.80. The van der Waals surface area contributed by atoms with Crippen molar-refractivity contribution < 1.29 is 0 Å². The van der Waals surface area contributed by atoms with E-state index in [9.17, 15) is 0 Å². The standard InChI is InChI=1S/C14H18N2S2/c1-9-7-8-12(17-9)13(15-2)14-16-10-5-3-4-6-11(10)18-14/h7-8,13,15H,3-6H2,1-2H3. The number of aryl methyl sites for hydroxylation is 3. The van der Waals surface area contributed by atoms with Gasteiger partial charge < -0.3 is 5.32 Å². The summed E-state index contributed by atoms with van der Waals surface area (Å²) < 4.78 is 0. The van der Waals surface area contributed by atoms with Crippen molar-refractivity contribution in [2.75, 3.05) is 7.05 Å². The fourth-order valence-corrected chi connectivity index (χ4v) is 4.84. The van der Waals surface area contributed by atoms with Crippen molar-refractivity contribution in [3.63, 3.8) is 0 Å². The van der Waals surface area contributed by atoms with Crippen LogP contribution in [-0.4, -0.2) is 12.0 Å². The Labute approximate surface area is 116 Å². The molecule has 4 heteroatoms. The molecule has 2 aromatic heterocycles. The van der Waals surface area contributed by atoms with Crippen LogP contribution in [0.3, 0.4) is 0 Å². The van der Waals surface area contributed by atoms with Crippen LogP contribution in [0, 0.1) is 6.92 Å². The SMILES string of the molecule is CNC(c1ccc(C)s1)c1nc2c(s1)CCCC2.